The summed E-state index contributed by atoms with van der Waals surface area (Å²) in [5, 5.41) is 5.80. The van der Waals surface area contributed by atoms with Gasteiger partial charge in [-0.15, -0.1) is 11.3 Å². The number of nitrogens with one attached hydrogen (secondary N) is 2. The highest BCUT2D eigenvalue weighted by molar-refractivity contribution is 7.17. The quantitative estimate of drug-likeness (QED) is 0.712. The van der Waals surface area contributed by atoms with Crippen LogP contribution in [-0.2, 0) is 22.5 Å². The first-order valence-electron chi connectivity index (χ1n) is 6.96. The molecule has 2 rings (SSSR count). The molecule has 0 atom stereocenters. The van der Waals surface area contributed by atoms with Gasteiger partial charge >= 0.3 is 6.03 Å². The normalized spacial score (nSPS) is 16.0. The Hall–Kier alpha value is -1.64. The molecule has 8 heteroatoms. The van der Waals surface area contributed by atoms with Gasteiger partial charge in [0.1, 0.15) is 5.00 Å². The molecular formula is C14H21N3O4S. The first-order valence-corrected chi connectivity index (χ1v) is 7.78. The van der Waals surface area contributed by atoms with Crippen molar-refractivity contribution in [2.75, 3.05) is 25.6 Å². The Balaban J connectivity index is 2.20. The summed E-state index contributed by atoms with van der Waals surface area (Å²) in [7, 11) is 1.56. The molecule has 0 radical (unpaired) electrons. The van der Waals surface area contributed by atoms with E-state index in [4.69, 9.17) is 15.2 Å². The van der Waals surface area contributed by atoms with Gasteiger partial charge in [-0.3, -0.25) is 10.1 Å². The summed E-state index contributed by atoms with van der Waals surface area (Å²) in [6.07, 6.45) is 0.587. The highest BCUT2D eigenvalue weighted by Gasteiger charge is 2.33. The molecule has 3 amide bonds. The lowest BCUT2D eigenvalue weighted by atomic mass is 9.93. The Kier molecular flexibility index (Phi) is 5.05. The number of primary amides is 1. The number of ether oxygens (including phenoxy) is 2. The molecule has 2 heterocycles. The number of hydrogen-bond acceptors (Lipinski definition) is 5. The fourth-order valence-electron chi connectivity index (χ4n) is 2.32. The minimum absolute atomic E-state index is 0.351. The first kappa shape index (κ1) is 16.7. The van der Waals surface area contributed by atoms with Crippen molar-refractivity contribution < 1.29 is 19.1 Å². The molecule has 7 nitrogen and oxygen atoms in total. The van der Waals surface area contributed by atoms with Crippen LogP contribution in [0.4, 0.5) is 9.80 Å². The maximum atomic E-state index is 11.8. The van der Waals surface area contributed by atoms with Crippen LogP contribution in [0.1, 0.15) is 34.6 Å². The second kappa shape index (κ2) is 6.64. The summed E-state index contributed by atoms with van der Waals surface area (Å²) >= 11 is 1.33. The van der Waals surface area contributed by atoms with Crippen molar-refractivity contribution in [3.8, 4) is 0 Å². The van der Waals surface area contributed by atoms with E-state index in [-0.39, 0.29) is 5.60 Å². The molecule has 0 unspecified atom stereocenters. The van der Waals surface area contributed by atoms with Crippen molar-refractivity contribution >= 4 is 28.3 Å². The largest absolute Gasteiger partial charge is 0.383 e. The highest BCUT2D eigenvalue weighted by atomic mass is 32.1. The number of nitrogens with two attached hydrogens (primary N) is 1. The van der Waals surface area contributed by atoms with Crippen LogP contribution in [0.3, 0.4) is 0 Å². The molecule has 0 aromatic carbocycles. The third-order valence-electron chi connectivity index (χ3n) is 3.35. The maximum absolute atomic E-state index is 11.8. The number of hydrogen-bond donors (Lipinski definition) is 3. The van der Waals surface area contributed by atoms with Crippen LogP contribution >= 0.6 is 11.3 Å². The van der Waals surface area contributed by atoms with Gasteiger partial charge in [-0.05, 0) is 19.4 Å². The van der Waals surface area contributed by atoms with E-state index in [2.05, 4.69) is 10.6 Å². The van der Waals surface area contributed by atoms with Crippen LogP contribution in [0.25, 0.3) is 0 Å². The number of carbonyl (C=O) groups is 2. The van der Waals surface area contributed by atoms with Crippen LogP contribution in [-0.4, -0.2) is 37.8 Å². The molecule has 4 N–H and O–H groups in total. The van der Waals surface area contributed by atoms with Gasteiger partial charge in [0.15, 0.2) is 0 Å². The fraction of sp³-hybridized carbons (Fsp3) is 0.571. The van der Waals surface area contributed by atoms with Gasteiger partial charge in [-0.2, -0.15) is 0 Å². The molecule has 1 aliphatic rings. The lowest BCUT2D eigenvalue weighted by Crippen LogP contribution is -2.33. The zero-order valence-corrected chi connectivity index (χ0v) is 13.8. The number of methoxy groups -OCH3 is 1. The molecule has 0 saturated carbocycles. The second-order valence-electron chi connectivity index (χ2n) is 5.67. The van der Waals surface area contributed by atoms with E-state index < -0.39 is 11.9 Å². The van der Waals surface area contributed by atoms with Gasteiger partial charge in [0.2, 0.25) is 0 Å². The monoisotopic (exact) mass is 327 g/mol. The zero-order valence-electron chi connectivity index (χ0n) is 12.9. The predicted molar refractivity (Wildman–Crippen MR) is 84.3 cm³/mol. The number of thiophene rings is 1. The number of rotatable bonds is 5. The maximum Gasteiger partial charge on any atom is 0.319 e. The molecular weight excluding hydrogens is 306 g/mol. The van der Waals surface area contributed by atoms with Crippen LogP contribution < -0.4 is 16.4 Å². The van der Waals surface area contributed by atoms with Crippen LogP contribution in [0.15, 0.2) is 0 Å². The lowest BCUT2D eigenvalue weighted by molar-refractivity contribution is -0.0383. The number of urea groups is 1. The van der Waals surface area contributed by atoms with Crippen molar-refractivity contribution in [3.05, 3.63) is 16.0 Å². The zero-order chi connectivity index (χ0) is 16.3. The third-order valence-corrected chi connectivity index (χ3v) is 4.47. The van der Waals surface area contributed by atoms with Crippen LogP contribution in [0.5, 0.6) is 0 Å². The van der Waals surface area contributed by atoms with Crippen molar-refractivity contribution in [2.45, 2.75) is 32.5 Å². The summed E-state index contributed by atoms with van der Waals surface area (Å²) in [5.74, 6) is -0.539. The number of fused-ring (bicyclic) bond motifs is 1. The van der Waals surface area contributed by atoms with E-state index in [1.807, 2.05) is 13.8 Å². The van der Waals surface area contributed by atoms with E-state index in [1.54, 1.807) is 7.11 Å². The van der Waals surface area contributed by atoms with Gasteiger partial charge < -0.3 is 20.5 Å². The molecule has 0 spiro atoms. The fourth-order valence-corrected chi connectivity index (χ4v) is 3.45. The lowest BCUT2D eigenvalue weighted by Gasteiger charge is -2.30. The predicted octanol–water partition coefficient (Wildman–Crippen LogP) is 1.47. The van der Waals surface area contributed by atoms with E-state index in [1.165, 1.54) is 11.3 Å². The number of anilines is 1. The Morgan fingerprint density at radius 3 is 2.82 bits per heavy atom. The molecule has 1 aliphatic heterocycles. The van der Waals surface area contributed by atoms with Gasteiger partial charge in [-0.1, -0.05) is 0 Å². The molecule has 22 heavy (non-hydrogen) atoms. The summed E-state index contributed by atoms with van der Waals surface area (Å²) < 4.78 is 10.6. The summed E-state index contributed by atoms with van der Waals surface area (Å²) in [6.45, 7) is 5.14. The van der Waals surface area contributed by atoms with Crippen LogP contribution in [0, 0.1) is 0 Å². The Morgan fingerprint density at radius 1 is 1.45 bits per heavy atom. The Bertz CT molecular complexity index is 583. The number of carbonyl (C=O) groups excluding carboxylic acids is 2. The highest BCUT2D eigenvalue weighted by Crippen LogP contribution is 2.40. The smallest absolute Gasteiger partial charge is 0.319 e. The van der Waals surface area contributed by atoms with Gasteiger partial charge in [0.05, 0.1) is 24.4 Å². The van der Waals surface area contributed by atoms with Gasteiger partial charge in [0.25, 0.3) is 5.91 Å². The topological polar surface area (TPSA) is 103 Å². The van der Waals surface area contributed by atoms with E-state index >= 15 is 0 Å². The molecule has 1 aromatic rings. The van der Waals surface area contributed by atoms with E-state index in [0.717, 1.165) is 10.4 Å². The third kappa shape index (κ3) is 3.76. The van der Waals surface area contributed by atoms with Crippen molar-refractivity contribution in [1.29, 1.82) is 0 Å². The van der Waals surface area contributed by atoms with E-state index in [9.17, 15) is 9.59 Å². The molecule has 0 aliphatic carbocycles. The molecule has 0 fully saturated rings. The Morgan fingerprint density at radius 2 is 2.18 bits per heavy atom. The van der Waals surface area contributed by atoms with E-state index in [0.29, 0.717) is 36.7 Å². The average molecular weight is 327 g/mol. The SMILES string of the molecule is COCCNC(=O)Nc1sc2c(c1C(N)=O)CC(C)(C)OC2. The standard InChI is InChI=1S/C14H21N3O4S/c1-14(2)6-8-9(7-21-14)22-12(10(8)11(15)18)17-13(19)16-4-5-20-3/h4-7H2,1-3H3,(H2,15,18)(H2,16,17,19). The first-order chi connectivity index (χ1) is 10.3. The molecule has 122 valence electrons. The minimum atomic E-state index is -0.539. The average Bonchev–Trinajstić information content (AvgIpc) is 2.74. The Labute approximate surface area is 133 Å². The summed E-state index contributed by atoms with van der Waals surface area (Å²) in [4.78, 5) is 24.6. The minimum Gasteiger partial charge on any atom is -0.383 e. The molecule has 1 aromatic heterocycles. The van der Waals surface area contributed by atoms with Crippen molar-refractivity contribution in [2.24, 2.45) is 5.73 Å². The summed E-state index contributed by atoms with van der Waals surface area (Å²) in [6, 6.07) is -0.390. The molecule has 0 saturated heterocycles. The van der Waals surface area contributed by atoms with Crippen molar-refractivity contribution in [3.63, 3.8) is 0 Å². The number of amides is 3. The second-order valence-corrected chi connectivity index (χ2v) is 6.78. The summed E-state index contributed by atoms with van der Waals surface area (Å²) in [5.41, 5.74) is 6.42. The van der Waals surface area contributed by atoms with Gasteiger partial charge in [-0.25, -0.2) is 4.79 Å². The van der Waals surface area contributed by atoms with Crippen LogP contribution in [0.2, 0.25) is 0 Å². The molecule has 0 bridgehead atoms. The van der Waals surface area contributed by atoms with Crippen molar-refractivity contribution in [1.82, 2.24) is 5.32 Å². The van der Waals surface area contributed by atoms with Gasteiger partial charge in [0, 0.05) is 25.0 Å².